The summed E-state index contributed by atoms with van der Waals surface area (Å²) in [6, 6.07) is 3.91. The Morgan fingerprint density at radius 1 is 1.38 bits per heavy atom. The van der Waals surface area contributed by atoms with Crippen LogP contribution in [0.25, 0.3) is 0 Å². The minimum atomic E-state index is 0.376. The molecule has 92 valence electrons. The van der Waals surface area contributed by atoms with Crippen molar-refractivity contribution < 1.29 is 4.42 Å². The van der Waals surface area contributed by atoms with Crippen LogP contribution >= 0.6 is 0 Å². The highest BCUT2D eigenvalue weighted by molar-refractivity contribution is 4.97. The Hall–Kier alpha value is -0.800. The van der Waals surface area contributed by atoms with Crippen molar-refractivity contribution in [2.45, 2.75) is 39.7 Å². The molecule has 0 aliphatic rings. The van der Waals surface area contributed by atoms with Crippen LogP contribution in [0.5, 0.6) is 0 Å². The van der Waals surface area contributed by atoms with Crippen LogP contribution < -0.4 is 11.1 Å². The zero-order valence-electron chi connectivity index (χ0n) is 10.5. The third-order valence-corrected chi connectivity index (χ3v) is 2.91. The van der Waals surface area contributed by atoms with Crippen molar-refractivity contribution in [3.8, 4) is 0 Å². The van der Waals surface area contributed by atoms with Crippen molar-refractivity contribution >= 4 is 0 Å². The maximum absolute atomic E-state index is 5.58. The van der Waals surface area contributed by atoms with E-state index in [-0.39, 0.29) is 0 Å². The molecule has 1 aromatic rings. The Kier molecular flexibility index (Phi) is 5.56. The maximum Gasteiger partial charge on any atom is 0.117 e. The number of rotatable bonds is 8. The summed E-state index contributed by atoms with van der Waals surface area (Å²) in [5.41, 5.74) is 5.96. The molecule has 16 heavy (non-hydrogen) atoms. The molecule has 1 heterocycles. The van der Waals surface area contributed by atoms with Gasteiger partial charge in [-0.25, -0.2) is 0 Å². The summed E-state index contributed by atoms with van der Waals surface area (Å²) in [4.78, 5) is 0. The van der Waals surface area contributed by atoms with Crippen molar-refractivity contribution in [2.75, 3.05) is 13.1 Å². The summed E-state index contributed by atoms with van der Waals surface area (Å²) in [6.07, 6.45) is 5.22. The fraction of sp³-hybridized carbons (Fsp3) is 0.692. The number of furan rings is 1. The second-order valence-electron chi connectivity index (χ2n) is 5.06. The first-order valence-corrected chi connectivity index (χ1v) is 6.07. The fourth-order valence-electron chi connectivity index (χ4n) is 1.83. The lowest BCUT2D eigenvalue weighted by Crippen LogP contribution is -2.20. The van der Waals surface area contributed by atoms with Crippen LogP contribution in [0.1, 0.15) is 38.9 Å². The Balaban J connectivity index is 2.03. The van der Waals surface area contributed by atoms with Gasteiger partial charge in [-0.1, -0.05) is 13.8 Å². The van der Waals surface area contributed by atoms with Gasteiger partial charge in [0, 0.05) is 0 Å². The van der Waals surface area contributed by atoms with Gasteiger partial charge < -0.3 is 15.5 Å². The van der Waals surface area contributed by atoms with Gasteiger partial charge >= 0.3 is 0 Å². The van der Waals surface area contributed by atoms with E-state index in [9.17, 15) is 0 Å². The van der Waals surface area contributed by atoms with Crippen LogP contribution in [-0.4, -0.2) is 13.1 Å². The van der Waals surface area contributed by atoms with E-state index in [4.69, 9.17) is 10.2 Å². The molecule has 0 aliphatic heterocycles. The molecule has 1 aromatic heterocycles. The molecule has 3 N–H and O–H groups in total. The SMILES string of the molecule is CC(C)(CCN)CCCNCc1ccco1. The van der Waals surface area contributed by atoms with E-state index >= 15 is 0 Å². The molecular weight excluding hydrogens is 200 g/mol. The Labute approximate surface area is 98.4 Å². The van der Waals surface area contributed by atoms with E-state index in [1.54, 1.807) is 6.26 Å². The van der Waals surface area contributed by atoms with Crippen molar-refractivity contribution in [2.24, 2.45) is 11.1 Å². The molecule has 0 aliphatic carbocycles. The number of nitrogens with one attached hydrogen (secondary N) is 1. The number of nitrogens with two attached hydrogens (primary N) is 1. The average Bonchev–Trinajstić information content (AvgIpc) is 2.69. The first-order chi connectivity index (χ1) is 7.64. The third kappa shape index (κ3) is 5.33. The first kappa shape index (κ1) is 13.3. The zero-order valence-corrected chi connectivity index (χ0v) is 10.5. The van der Waals surface area contributed by atoms with Crippen molar-refractivity contribution in [3.05, 3.63) is 24.2 Å². The second-order valence-corrected chi connectivity index (χ2v) is 5.06. The molecule has 0 bridgehead atoms. The molecule has 0 unspecified atom stereocenters. The van der Waals surface area contributed by atoms with E-state index in [0.717, 1.165) is 31.8 Å². The maximum atomic E-state index is 5.58. The first-order valence-electron chi connectivity index (χ1n) is 6.07. The van der Waals surface area contributed by atoms with Crippen molar-refractivity contribution in [3.63, 3.8) is 0 Å². The fourth-order valence-corrected chi connectivity index (χ4v) is 1.83. The lowest BCUT2D eigenvalue weighted by atomic mass is 9.84. The van der Waals surface area contributed by atoms with Gasteiger partial charge in [-0.3, -0.25) is 0 Å². The summed E-state index contributed by atoms with van der Waals surface area (Å²) < 4.78 is 5.24. The quantitative estimate of drug-likeness (QED) is 0.667. The molecule has 3 nitrogen and oxygen atoms in total. The van der Waals surface area contributed by atoms with Crippen molar-refractivity contribution in [1.29, 1.82) is 0 Å². The van der Waals surface area contributed by atoms with Crippen molar-refractivity contribution in [1.82, 2.24) is 5.32 Å². The Morgan fingerprint density at radius 2 is 2.19 bits per heavy atom. The number of hydrogen-bond acceptors (Lipinski definition) is 3. The molecule has 3 heteroatoms. The molecule has 0 spiro atoms. The topological polar surface area (TPSA) is 51.2 Å². The van der Waals surface area contributed by atoms with Crippen LogP contribution in [-0.2, 0) is 6.54 Å². The molecular formula is C13H24N2O. The minimum Gasteiger partial charge on any atom is -0.468 e. The predicted molar refractivity (Wildman–Crippen MR) is 67.1 cm³/mol. The molecule has 0 saturated carbocycles. The Morgan fingerprint density at radius 3 is 2.81 bits per heavy atom. The predicted octanol–water partition coefficient (Wildman–Crippen LogP) is 2.52. The molecule has 0 fully saturated rings. The van der Waals surface area contributed by atoms with E-state index < -0.39 is 0 Å². The van der Waals surface area contributed by atoms with Gasteiger partial charge in [-0.15, -0.1) is 0 Å². The molecule has 0 radical (unpaired) electrons. The molecule has 0 amide bonds. The van der Waals surface area contributed by atoms with E-state index in [1.165, 1.54) is 12.8 Å². The highest BCUT2D eigenvalue weighted by Gasteiger charge is 2.15. The van der Waals surface area contributed by atoms with Crippen LogP contribution in [0.4, 0.5) is 0 Å². The normalized spacial score (nSPS) is 11.9. The Bertz CT molecular complexity index is 267. The van der Waals surface area contributed by atoms with E-state index in [1.807, 2.05) is 12.1 Å². The summed E-state index contributed by atoms with van der Waals surface area (Å²) in [5.74, 6) is 1.00. The number of hydrogen-bond donors (Lipinski definition) is 2. The summed E-state index contributed by atoms with van der Waals surface area (Å²) in [7, 11) is 0. The van der Waals surface area contributed by atoms with Gasteiger partial charge in [0.1, 0.15) is 5.76 Å². The summed E-state index contributed by atoms with van der Waals surface area (Å²) in [5, 5.41) is 3.38. The second kappa shape index (κ2) is 6.71. The average molecular weight is 224 g/mol. The van der Waals surface area contributed by atoms with E-state index in [0.29, 0.717) is 5.41 Å². The molecule has 0 atom stereocenters. The van der Waals surface area contributed by atoms with Gasteiger partial charge in [-0.05, 0) is 49.9 Å². The van der Waals surface area contributed by atoms with Gasteiger partial charge in [0.25, 0.3) is 0 Å². The third-order valence-electron chi connectivity index (χ3n) is 2.91. The van der Waals surface area contributed by atoms with Gasteiger partial charge in [0.2, 0.25) is 0 Å². The molecule has 0 aromatic carbocycles. The summed E-state index contributed by atoms with van der Waals surface area (Å²) in [6.45, 7) is 7.21. The highest BCUT2D eigenvalue weighted by atomic mass is 16.3. The lowest BCUT2D eigenvalue weighted by molar-refractivity contribution is 0.301. The largest absolute Gasteiger partial charge is 0.468 e. The lowest BCUT2D eigenvalue weighted by Gasteiger charge is -2.23. The van der Waals surface area contributed by atoms with Gasteiger partial charge in [0.05, 0.1) is 12.8 Å². The summed E-state index contributed by atoms with van der Waals surface area (Å²) >= 11 is 0. The highest BCUT2D eigenvalue weighted by Crippen LogP contribution is 2.25. The van der Waals surface area contributed by atoms with Gasteiger partial charge in [0.15, 0.2) is 0 Å². The zero-order chi connectivity index (χ0) is 11.9. The van der Waals surface area contributed by atoms with Crippen LogP contribution in [0, 0.1) is 5.41 Å². The molecule has 0 saturated heterocycles. The molecule has 1 rings (SSSR count). The standard InChI is InChI=1S/C13H24N2O/c1-13(2,7-8-14)6-4-9-15-11-12-5-3-10-16-12/h3,5,10,15H,4,6-9,11,14H2,1-2H3. The van der Waals surface area contributed by atoms with Crippen LogP contribution in [0.3, 0.4) is 0 Å². The van der Waals surface area contributed by atoms with Crippen LogP contribution in [0.15, 0.2) is 22.8 Å². The monoisotopic (exact) mass is 224 g/mol. The van der Waals surface area contributed by atoms with Gasteiger partial charge in [-0.2, -0.15) is 0 Å². The smallest absolute Gasteiger partial charge is 0.117 e. The minimum absolute atomic E-state index is 0.376. The van der Waals surface area contributed by atoms with E-state index in [2.05, 4.69) is 19.2 Å². The van der Waals surface area contributed by atoms with Crippen LogP contribution in [0.2, 0.25) is 0 Å².